The number of nitrogens with one attached hydrogen (secondary N) is 1. The molecule has 2 fully saturated rings. The van der Waals surface area contributed by atoms with Gasteiger partial charge in [0.1, 0.15) is 48.8 Å². The molecular weight excluding hydrogens is 774 g/mol. The lowest BCUT2D eigenvalue weighted by atomic mass is 9.97. The van der Waals surface area contributed by atoms with Crippen molar-refractivity contribution in [3.05, 3.63) is 60.8 Å². The molecule has 2 rings (SSSR count). The molecule has 0 bridgehead atoms. The third kappa shape index (κ3) is 21.2. The summed E-state index contributed by atoms with van der Waals surface area (Å²) in [4.78, 5) is 13.1. The third-order valence-electron chi connectivity index (χ3n) is 10.6. The number of rotatable bonds is 32. The highest BCUT2D eigenvalue weighted by atomic mass is 16.7. The summed E-state index contributed by atoms with van der Waals surface area (Å²) in [6.45, 7) is 2.60. The Morgan fingerprint density at radius 1 is 0.600 bits per heavy atom. The van der Waals surface area contributed by atoms with Gasteiger partial charge >= 0.3 is 0 Å². The van der Waals surface area contributed by atoms with E-state index < -0.39 is 86.8 Å². The predicted molar refractivity (Wildman–Crippen MR) is 230 cm³/mol. The number of hydrogen-bond donors (Lipinski definition) is 9. The van der Waals surface area contributed by atoms with Crippen LogP contribution in [-0.4, -0.2) is 140 Å². The van der Waals surface area contributed by atoms with Crippen LogP contribution in [0.25, 0.3) is 0 Å². The van der Waals surface area contributed by atoms with Gasteiger partial charge in [-0.15, -0.1) is 0 Å². The maximum atomic E-state index is 13.1. The predicted octanol–water partition coefficient (Wildman–Crippen LogP) is 4.32. The van der Waals surface area contributed by atoms with E-state index in [0.29, 0.717) is 12.8 Å². The molecule has 0 aromatic carbocycles. The van der Waals surface area contributed by atoms with Crippen molar-refractivity contribution in [2.45, 2.75) is 203 Å². The van der Waals surface area contributed by atoms with Crippen LogP contribution in [0.2, 0.25) is 0 Å². The van der Waals surface area contributed by atoms with Crippen LogP contribution in [0, 0.1) is 0 Å². The molecule has 0 aromatic rings. The Bertz CT molecular complexity index is 1240. The molecule has 2 aliphatic heterocycles. The van der Waals surface area contributed by atoms with Crippen LogP contribution in [0.4, 0.5) is 0 Å². The minimum Gasteiger partial charge on any atom is -0.394 e. The number of aliphatic hydroxyl groups excluding tert-OH is 8. The molecule has 0 spiro atoms. The smallest absolute Gasteiger partial charge is 0.220 e. The minimum atomic E-state index is -1.79. The second-order valence-corrected chi connectivity index (χ2v) is 15.8. The van der Waals surface area contributed by atoms with Crippen molar-refractivity contribution in [3.63, 3.8) is 0 Å². The number of carbonyl (C=O) groups is 1. The summed E-state index contributed by atoms with van der Waals surface area (Å²) in [5.41, 5.74) is 0. The molecule has 2 aliphatic rings. The molecule has 0 aliphatic carbocycles. The van der Waals surface area contributed by atoms with E-state index in [0.717, 1.165) is 77.0 Å². The zero-order valence-electron chi connectivity index (χ0n) is 36.2. The summed E-state index contributed by atoms with van der Waals surface area (Å²) < 4.78 is 22.6. The van der Waals surface area contributed by atoms with Gasteiger partial charge in [0.15, 0.2) is 12.6 Å². The molecule has 1 amide bonds. The van der Waals surface area contributed by atoms with Gasteiger partial charge in [0.05, 0.1) is 32.0 Å². The van der Waals surface area contributed by atoms with Crippen LogP contribution in [-0.2, 0) is 23.7 Å². The highest BCUT2D eigenvalue weighted by Crippen LogP contribution is 2.29. The van der Waals surface area contributed by atoms with Crippen molar-refractivity contribution < 1.29 is 64.6 Å². The van der Waals surface area contributed by atoms with Gasteiger partial charge < -0.3 is 65.1 Å². The van der Waals surface area contributed by atoms with Crippen LogP contribution in [0.15, 0.2) is 60.8 Å². The molecule has 2 heterocycles. The largest absolute Gasteiger partial charge is 0.394 e. The van der Waals surface area contributed by atoms with E-state index in [9.17, 15) is 45.6 Å². The fourth-order valence-electron chi connectivity index (χ4n) is 6.89. The third-order valence-corrected chi connectivity index (χ3v) is 10.6. The standard InChI is InChI=1S/C46H79NO13/c1-3-5-7-9-11-13-15-16-17-18-20-22-24-26-28-30-38(51)47-34(35(50)29-27-25-23-21-19-14-12-10-8-6-4-2)33-57-45-43(56)41(54)44(37(32-49)59-45)60-46-42(55)40(53)39(52)36(31-48)58-46/h8,10-11,13,16-17,19,21,27,29,34-37,39-46,48-50,52-56H,3-7,9,12,14-15,18,20,22-26,28,30-33H2,1-2H3,(H,47,51)/b10-8+,13-11-,17-16-,21-19+,29-27+. The average Bonchev–Trinajstić information content (AvgIpc) is 3.24. The Morgan fingerprint density at radius 2 is 1.15 bits per heavy atom. The molecule has 12 atom stereocenters. The second kappa shape index (κ2) is 33.3. The van der Waals surface area contributed by atoms with Gasteiger partial charge in [-0.3, -0.25) is 4.79 Å². The molecule has 346 valence electrons. The lowest BCUT2D eigenvalue weighted by Crippen LogP contribution is -2.65. The Labute approximate surface area is 358 Å². The van der Waals surface area contributed by atoms with Gasteiger partial charge in [0, 0.05) is 6.42 Å². The molecule has 14 nitrogen and oxygen atoms in total. The summed E-state index contributed by atoms with van der Waals surface area (Å²) >= 11 is 0. The first-order chi connectivity index (χ1) is 29.1. The molecule has 0 radical (unpaired) electrons. The Hall–Kier alpha value is -2.31. The van der Waals surface area contributed by atoms with Crippen LogP contribution in [0.5, 0.6) is 0 Å². The second-order valence-electron chi connectivity index (χ2n) is 15.8. The molecule has 9 N–H and O–H groups in total. The molecule has 60 heavy (non-hydrogen) atoms. The molecule has 0 aromatic heterocycles. The number of ether oxygens (including phenoxy) is 4. The van der Waals surface area contributed by atoms with E-state index in [2.05, 4.69) is 67.8 Å². The number of allylic oxidation sites excluding steroid dienone is 9. The topological polar surface area (TPSA) is 228 Å². The molecular formula is C46H79NO13. The van der Waals surface area contributed by atoms with Crippen molar-refractivity contribution in [1.29, 1.82) is 0 Å². The van der Waals surface area contributed by atoms with E-state index in [1.165, 1.54) is 19.3 Å². The first kappa shape index (κ1) is 53.8. The van der Waals surface area contributed by atoms with E-state index in [1.54, 1.807) is 6.08 Å². The zero-order valence-corrected chi connectivity index (χ0v) is 36.2. The summed E-state index contributed by atoms with van der Waals surface area (Å²) in [6, 6.07) is -0.944. The number of aliphatic hydroxyl groups is 8. The van der Waals surface area contributed by atoms with E-state index in [4.69, 9.17) is 18.9 Å². The quantitative estimate of drug-likeness (QED) is 0.0340. The van der Waals surface area contributed by atoms with E-state index in [1.807, 2.05) is 6.08 Å². The monoisotopic (exact) mass is 854 g/mol. The van der Waals surface area contributed by atoms with E-state index in [-0.39, 0.29) is 18.9 Å². The van der Waals surface area contributed by atoms with Crippen molar-refractivity contribution in [3.8, 4) is 0 Å². The van der Waals surface area contributed by atoms with Gasteiger partial charge in [0.2, 0.25) is 5.91 Å². The van der Waals surface area contributed by atoms with Crippen molar-refractivity contribution in [2.75, 3.05) is 19.8 Å². The number of hydrogen-bond acceptors (Lipinski definition) is 13. The number of unbranched alkanes of at least 4 members (excludes halogenated alkanes) is 11. The Kier molecular flexibility index (Phi) is 29.9. The average molecular weight is 854 g/mol. The highest BCUT2D eigenvalue weighted by Gasteiger charge is 2.50. The normalized spacial score (nSPS) is 28.8. The van der Waals surface area contributed by atoms with Crippen molar-refractivity contribution in [1.82, 2.24) is 5.32 Å². The number of amides is 1. The first-order valence-corrected chi connectivity index (χ1v) is 22.5. The van der Waals surface area contributed by atoms with Crippen molar-refractivity contribution >= 4 is 5.91 Å². The zero-order chi connectivity index (χ0) is 44.0. The summed E-state index contributed by atoms with van der Waals surface area (Å²) in [5.74, 6) is -0.274. The Balaban J connectivity index is 1.93. The van der Waals surface area contributed by atoms with Gasteiger partial charge in [-0.05, 0) is 70.6 Å². The molecule has 14 heteroatoms. The first-order valence-electron chi connectivity index (χ1n) is 22.5. The van der Waals surface area contributed by atoms with Gasteiger partial charge in [-0.25, -0.2) is 0 Å². The fourth-order valence-corrected chi connectivity index (χ4v) is 6.89. The SMILES string of the molecule is CCC/C=C/CC/C=C/CC/C=C/C(O)C(COC1OC(CO)C(OC2OC(CO)C(O)C(O)C2O)C(O)C1O)NC(=O)CCCCCCC/C=C\C/C=C\CCCCC. The van der Waals surface area contributed by atoms with Crippen LogP contribution >= 0.6 is 0 Å². The van der Waals surface area contributed by atoms with Gasteiger partial charge in [-0.2, -0.15) is 0 Å². The van der Waals surface area contributed by atoms with Gasteiger partial charge in [-0.1, -0.05) is 113 Å². The van der Waals surface area contributed by atoms with E-state index >= 15 is 0 Å². The summed E-state index contributed by atoms with van der Waals surface area (Å²) in [7, 11) is 0. The lowest BCUT2D eigenvalue weighted by Gasteiger charge is -2.46. The highest BCUT2D eigenvalue weighted by molar-refractivity contribution is 5.76. The van der Waals surface area contributed by atoms with Crippen LogP contribution in [0.1, 0.15) is 129 Å². The lowest BCUT2D eigenvalue weighted by molar-refractivity contribution is -0.359. The van der Waals surface area contributed by atoms with Crippen molar-refractivity contribution in [2.24, 2.45) is 0 Å². The summed E-state index contributed by atoms with van der Waals surface area (Å²) in [6.07, 6.45) is 21.3. The Morgan fingerprint density at radius 3 is 1.78 bits per heavy atom. The van der Waals surface area contributed by atoms with Crippen LogP contribution in [0.3, 0.4) is 0 Å². The van der Waals surface area contributed by atoms with Crippen LogP contribution < -0.4 is 5.32 Å². The molecule has 0 saturated carbocycles. The molecule has 2 saturated heterocycles. The summed E-state index contributed by atoms with van der Waals surface area (Å²) in [5, 5.41) is 86.3. The minimum absolute atomic E-state index is 0.251. The maximum absolute atomic E-state index is 13.1. The number of carbonyl (C=O) groups excluding carboxylic acids is 1. The molecule has 12 unspecified atom stereocenters. The maximum Gasteiger partial charge on any atom is 0.220 e. The van der Waals surface area contributed by atoms with Gasteiger partial charge in [0.25, 0.3) is 0 Å². The fraction of sp³-hybridized carbons (Fsp3) is 0.761.